The quantitative estimate of drug-likeness (QED) is 0.493. The van der Waals surface area contributed by atoms with Gasteiger partial charge < -0.3 is 9.30 Å². The van der Waals surface area contributed by atoms with Crippen molar-refractivity contribution in [3.63, 3.8) is 0 Å². The van der Waals surface area contributed by atoms with Gasteiger partial charge in [0, 0.05) is 16.4 Å². The summed E-state index contributed by atoms with van der Waals surface area (Å²) in [6, 6.07) is 19.2. The first-order valence-electron chi connectivity index (χ1n) is 8.04. The van der Waals surface area contributed by atoms with Gasteiger partial charge in [0.25, 0.3) is 0 Å². The van der Waals surface area contributed by atoms with Gasteiger partial charge in [0.15, 0.2) is 0 Å². The maximum absolute atomic E-state index is 12.1. The van der Waals surface area contributed by atoms with Gasteiger partial charge in [0.05, 0.1) is 25.4 Å². The molecule has 1 N–H and O–H groups in total. The van der Waals surface area contributed by atoms with E-state index in [0.717, 1.165) is 27.2 Å². The number of rotatable bonds is 6. The monoisotopic (exact) mass is 411 g/mol. The normalized spacial score (nSPS) is 10.8. The van der Waals surface area contributed by atoms with E-state index in [4.69, 9.17) is 4.74 Å². The lowest BCUT2D eigenvalue weighted by Crippen LogP contribution is -2.20. The summed E-state index contributed by atoms with van der Waals surface area (Å²) in [5.41, 5.74) is 5.32. The fourth-order valence-corrected chi connectivity index (χ4v) is 2.78. The predicted octanol–water partition coefficient (Wildman–Crippen LogP) is 3.94. The van der Waals surface area contributed by atoms with E-state index in [1.54, 1.807) is 13.3 Å². The first-order valence-corrected chi connectivity index (χ1v) is 8.83. The minimum atomic E-state index is -0.184. The molecule has 0 saturated heterocycles. The minimum absolute atomic E-state index is 0.184. The van der Waals surface area contributed by atoms with Crippen molar-refractivity contribution in [1.82, 2.24) is 9.99 Å². The highest BCUT2D eigenvalue weighted by Gasteiger charge is 2.04. The number of benzene rings is 2. The Morgan fingerprint density at radius 2 is 2.00 bits per heavy atom. The van der Waals surface area contributed by atoms with Crippen molar-refractivity contribution in [3.05, 3.63) is 82.6 Å². The van der Waals surface area contributed by atoms with Crippen molar-refractivity contribution >= 4 is 28.1 Å². The number of amides is 1. The van der Waals surface area contributed by atoms with Gasteiger partial charge in [-0.05, 0) is 54.1 Å². The standard InChI is InChI=1S/C20H18BrN3O2/c1-26-19-6-2-4-15(12-19)13-20(25)23-22-14-18-5-3-11-24(18)17-9-7-16(21)8-10-17/h2-12,14H,13H2,1H3,(H,23,25)/b22-14+. The van der Waals surface area contributed by atoms with Crippen LogP contribution in [-0.4, -0.2) is 23.8 Å². The summed E-state index contributed by atoms with van der Waals surface area (Å²) in [4.78, 5) is 12.1. The van der Waals surface area contributed by atoms with Crippen LogP contribution in [0, 0.1) is 0 Å². The summed E-state index contributed by atoms with van der Waals surface area (Å²) in [6.07, 6.45) is 3.82. The van der Waals surface area contributed by atoms with E-state index in [1.165, 1.54) is 0 Å². The molecule has 0 unspecified atom stereocenters. The number of carbonyl (C=O) groups is 1. The molecule has 3 aromatic rings. The summed E-state index contributed by atoms with van der Waals surface area (Å²) in [6.45, 7) is 0. The van der Waals surface area contributed by atoms with Crippen molar-refractivity contribution in [2.24, 2.45) is 5.10 Å². The fourth-order valence-electron chi connectivity index (χ4n) is 2.51. The van der Waals surface area contributed by atoms with Crippen LogP contribution in [0.2, 0.25) is 0 Å². The molecule has 0 aliphatic heterocycles. The van der Waals surface area contributed by atoms with Crippen molar-refractivity contribution in [2.75, 3.05) is 7.11 Å². The number of nitrogens with one attached hydrogen (secondary N) is 1. The predicted molar refractivity (Wildman–Crippen MR) is 106 cm³/mol. The van der Waals surface area contributed by atoms with Crippen LogP contribution in [0.15, 0.2) is 76.4 Å². The van der Waals surface area contributed by atoms with Crippen LogP contribution in [0.4, 0.5) is 0 Å². The van der Waals surface area contributed by atoms with Gasteiger partial charge in [0.2, 0.25) is 5.91 Å². The molecule has 0 bridgehead atoms. The molecule has 0 saturated carbocycles. The molecule has 2 aromatic carbocycles. The summed E-state index contributed by atoms with van der Waals surface area (Å²) in [7, 11) is 1.60. The molecule has 1 amide bonds. The highest BCUT2D eigenvalue weighted by Crippen LogP contribution is 2.16. The van der Waals surface area contributed by atoms with Crippen LogP contribution in [0.3, 0.4) is 0 Å². The number of nitrogens with zero attached hydrogens (tertiary/aromatic N) is 2. The topological polar surface area (TPSA) is 55.6 Å². The lowest BCUT2D eigenvalue weighted by atomic mass is 10.1. The maximum atomic E-state index is 12.1. The van der Waals surface area contributed by atoms with E-state index in [-0.39, 0.29) is 12.3 Å². The third-order valence-corrected chi connectivity index (χ3v) is 4.30. The lowest BCUT2D eigenvalue weighted by Gasteiger charge is -2.06. The second-order valence-electron chi connectivity index (χ2n) is 5.60. The van der Waals surface area contributed by atoms with Gasteiger partial charge in [-0.25, -0.2) is 5.43 Å². The zero-order valence-electron chi connectivity index (χ0n) is 14.2. The Morgan fingerprint density at radius 1 is 1.19 bits per heavy atom. The molecule has 0 spiro atoms. The molecule has 6 heteroatoms. The summed E-state index contributed by atoms with van der Waals surface area (Å²) in [5.74, 6) is 0.544. The molecule has 0 atom stereocenters. The Hall–Kier alpha value is -2.86. The average molecular weight is 412 g/mol. The number of halogens is 1. The van der Waals surface area contributed by atoms with E-state index < -0.39 is 0 Å². The van der Waals surface area contributed by atoms with Crippen molar-refractivity contribution in [1.29, 1.82) is 0 Å². The molecule has 0 aliphatic carbocycles. The summed E-state index contributed by atoms with van der Waals surface area (Å²) in [5, 5.41) is 4.07. The molecule has 0 radical (unpaired) electrons. The van der Waals surface area contributed by atoms with Crippen LogP contribution in [0.5, 0.6) is 5.75 Å². The Labute approximate surface area is 160 Å². The molecular weight excluding hydrogens is 394 g/mol. The van der Waals surface area contributed by atoms with E-state index in [9.17, 15) is 4.79 Å². The van der Waals surface area contributed by atoms with Gasteiger partial charge in [-0.15, -0.1) is 0 Å². The highest BCUT2D eigenvalue weighted by atomic mass is 79.9. The maximum Gasteiger partial charge on any atom is 0.244 e. The molecule has 5 nitrogen and oxygen atoms in total. The minimum Gasteiger partial charge on any atom is -0.497 e. The van der Waals surface area contributed by atoms with E-state index in [2.05, 4.69) is 26.5 Å². The Balaban J connectivity index is 1.63. The van der Waals surface area contributed by atoms with Crippen LogP contribution in [0.25, 0.3) is 5.69 Å². The first-order chi connectivity index (χ1) is 12.7. The zero-order chi connectivity index (χ0) is 18.4. The summed E-state index contributed by atoms with van der Waals surface area (Å²) >= 11 is 3.43. The van der Waals surface area contributed by atoms with Crippen molar-refractivity contribution < 1.29 is 9.53 Å². The second-order valence-corrected chi connectivity index (χ2v) is 6.52. The van der Waals surface area contributed by atoms with Crippen molar-refractivity contribution in [2.45, 2.75) is 6.42 Å². The Morgan fingerprint density at radius 3 is 2.77 bits per heavy atom. The zero-order valence-corrected chi connectivity index (χ0v) is 15.8. The molecule has 132 valence electrons. The van der Waals surface area contributed by atoms with Crippen LogP contribution >= 0.6 is 15.9 Å². The van der Waals surface area contributed by atoms with E-state index in [0.29, 0.717) is 0 Å². The number of hydrogen-bond acceptors (Lipinski definition) is 3. The lowest BCUT2D eigenvalue weighted by molar-refractivity contribution is -0.120. The van der Waals surface area contributed by atoms with Gasteiger partial charge >= 0.3 is 0 Å². The first kappa shape index (κ1) is 17.9. The van der Waals surface area contributed by atoms with Crippen molar-refractivity contribution in [3.8, 4) is 11.4 Å². The van der Waals surface area contributed by atoms with Crippen LogP contribution < -0.4 is 10.2 Å². The molecular formula is C20H18BrN3O2. The molecule has 0 fully saturated rings. The van der Waals surface area contributed by atoms with Crippen LogP contribution in [-0.2, 0) is 11.2 Å². The van der Waals surface area contributed by atoms with Gasteiger partial charge in [-0.3, -0.25) is 4.79 Å². The Kier molecular flexibility index (Phi) is 5.86. The van der Waals surface area contributed by atoms with E-state index in [1.807, 2.05) is 71.4 Å². The Bertz CT molecular complexity index is 917. The third-order valence-electron chi connectivity index (χ3n) is 3.77. The van der Waals surface area contributed by atoms with Gasteiger partial charge in [-0.1, -0.05) is 28.1 Å². The molecule has 1 aromatic heterocycles. The van der Waals surface area contributed by atoms with E-state index >= 15 is 0 Å². The highest BCUT2D eigenvalue weighted by molar-refractivity contribution is 9.10. The van der Waals surface area contributed by atoms with Gasteiger partial charge in [-0.2, -0.15) is 5.10 Å². The number of methoxy groups -OCH3 is 1. The number of ether oxygens (including phenoxy) is 1. The smallest absolute Gasteiger partial charge is 0.244 e. The van der Waals surface area contributed by atoms with Crippen LogP contribution in [0.1, 0.15) is 11.3 Å². The summed E-state index contributed by atoms with van der Waals surface area (Å²) < 4.78 is 8.17. The fraction of sp³-hybridized carbons (Fsp3) is 0.100. The second kappa shape index (κ2) is 8.49. The number of hydrogen-bond donors (Lipinski definition) is 1. The largest absolute Gasteiger partial charge is 0.497 e. The molecule has 3 rings (SSSR count). The SMILES string of the molecule is COc1cccc(CC(=O)N/N=C/c2cccn2-c2ccc(Br)cc2)c1. The molecule has 0 aliphatic rings. The average Bonchev–Trinajstić information content (AvgIpc) is 3.11. The molecule has 1 heterocycles. The molecule has 26 heavy (non-hydrogen) atoms. The number of hydrazone groups is 1. The third kappa shape index (κ3) is 4.61. The van der Waals surface area contributed by atoms with Gasteiger partial charge in [0.1, 0.15) is 5.75 Å². The number of carbonyl (C=O) groups excluding carboxylic acids is 1. The number of aromatic nitrogens is 1.